The molecule has 3 aromatic rings. The van der Waals surface area contributed by atoms with Crippen LogP contribution in [0.15, 0.2) is 30.6 Å². The molecule has 1 aliphatic heterocycles. The Morgan fingerprint density at radius 2 is 1.92 bits per heavy atom. The van der Waals surface area contributed by atoms with E-state index in [-0.39, 0.29) is 5.69 Å². The highest BCUT2D eigenvalue weighted by atomic mass is 32.1. The molecule has 1 saturated heterocycles. The maximum atomic E-state index is 10.7. The number of aromatic nitrogens is 3. The standard InChI is InChI=1S/C15H14N6O2S/c22-21(23)11-5-3-10(4-6-11)18-15-19-12-13(20-7-1-2-8-20)16-9-17-14(12)24-15/h3-6,9H,1-2,7-8H2,(H,18,19). The Morgan fingerprint density at radius 1 is 1.17 bits per heavy atom. The lowest BCUT2D eigenvalue weighted by molar-refractivity contribution is -0.384. The van der Waals surface area contributed by atoms with Crippen LogP contribution in [-0.4, -0.2) is 33.0 Å². The fourth-order valence-electron chi connectivity index (χ4n) is 2.75. The monoisotopic (exact) mass is 342 g/mol. The van der Waals surface area contributed by atoms with E-state index >= 15 is 0 Å². The Kier molecular flexibility index (Phi) is 3.69. The van der Waals surface area contributed by atoms with Crippen molar-refractivity contribution in [2.24, 2.45) is 0 Å². The number of hydrogen-bond acceptors (Lipinski definition) is 8. The minimum Gasteiger partial charge on any atom is -0.355 e. The lowest BCUT2D eigenvalue weighted by Gasteiger charge is -2.15. The number of benzene rings is 1. The van der Waals surface area contributed by atoms with Crippen molar-refractivity contribution in [3.05, 3.63) is 40.7 Å². The van der Waals surface area contributed by atoms with Crippen molar-refractivity contribution >= 4 is 44.0 Å². The first-order chi connectivity index (χ1) is 11.7. The molecule has 0 atom stereocenters. The van der Waals surface area contributed by atoms with Crippen molar-refractivity contribution < 1.29 is 4.92 Å². The van der Waals surface area contributed by atoms with Crippen LogP contribution in [0.1, 0.15) is 12.8 Å². The smallest absolute Gasteiger partial charge is 0.269 e. The minimum atomic E-state index is -0.417. The maximum Gasteiger partial charge on any atom is 0.269 e. The lowest BCUT2D eigenvalue weighted by atomic mass is 10.3. The number of nitro benzene ring substituents is 1. The molecule has 1 aromatic carbocycles. The van der Waals surface area contributed by atoms with E-state index in [1.165, 1.54) is 36.3 Å². The molecule has 1 N–H and O–H groups in total. The maximum absolute atomic E-state index is 10.7. The van der Waals surface area contributed by atoms with Crippen molar-refractivity contribution in [3.8, 4) is 0 Å². The van der Waals surface area contributed by atoms with Crippen LogP contribution in [0.2, 0.25) is 0 Å². The summed E-state index contributed by atoms with van der Waals surface area (Å²) in [6, 6.07) is 6.25. The van der Waals surface area contributed by atoms with Gasteiger partial charge in [-0.05, 0) is 25.0 Å². The Morgan fingerprint density at radius 3 is 2.62 bits per heavy atom. The highest BCUT2D eigenvalue weighted by Gasteiger charge is 2.19. The highest BCUT2D eigenvalue weighted by molar-refractivity contribution is 7.21. The third-order valence-electron chi connectivity index (χ3n) is 3.91. The van der Waals surface area contributed by atoms with Gasteiger partial charge in [-0.1, -0.05) is 11.3 Å². The second-order valence-electron chi connectivity index (χ2n) is 5.49. The molecule has 3 heterocycles. The summed E-state index contributed by atoms with van der Waals surface area (Å²) in [5, 5.41) is 14.6. The van der Waals surface area contributed by atoms with Gasteiger partial charge in [-0.3, -0.25) is 10.1 Å². The zero-order valence-corrected chi connectivity index (χ0v) is 13.5. The molecule has 1 aliphatic rings. The second-order valence-corrected chi connectivity index (χ2v) is 6.47. The van der Waals surface area contributed by atoms with Gasteiger partial charge < -0.3 is 10.2 Å². The topological polar surface area (TPSA) is 97.1 Å². The fourth-order valence-corrected chi connectivity index (χ4v) is 3.57. The van der Waals surface area contributed by atoms with Crippen molar-refractivity contribution in [2.45, 2.75) is 12.8 Å². The van der Waals surface area contributed by atoms with Crippen LogP contribution in [0.25, 0.3) is 10.3 Å². The van der Waals surface area contributed by atoms with Gasteiger partial charge in [0.15, 0.2) is 15.8 Å². The Balaban J connectivity index is 1.63. The van der Waals surface area contributed by atoms with Crippen LogP contribution in [0.4, 0.5) is 22.3 Å². The molecule has 0 unspecified atom stereocenters. The van der Waals surface area contributed by atoms with Gasteiger partial charge >= 0.3 is 0 Å². The molecular formula is C15H14N6O2S. The first kappa shape index (κ1) is 14.8. The van der Waals surface area contributed by atoms with Crippen LogP contribution in [-0.2, 0) is 0 Å². The van der Waals surface area contributed by atoms with Gasteiger partial charge in [0, 0.05) is 30.9 Å². The number of nitrogens with one attached hydrogen (secondary N) is 1. The zero-order chi connectivity index (χ0) is 16.5. The predicted molar refractivity (Wildman–Crippen MR) is 93.0 cm³/mol. The van der Waals surface area contributed by atoms with Gasteiger partial charge in [-0.25, -0.2) is 15.0 Å². The number of thiazole rings is 1. The molecular weight excluding hydrogens is 328 g/mol. The van der Waals surface area contributed by atoms with Crippen LogP contribution >= 0.6 is 11.3 Å². The van der Waals surface area contributed by atoms with E-state index in [0.29, 0.717) is 5.13 Å². The molecule has 0 spiro atoms. The molecule has 2 aromatic heterocycles. The number of rotatable bonds is 4. The number of non-ortho nitro benzene ring substituents is 1. The molecule has 4 rings (SSSR count). The SMILES string of the molecule is O=[N+]([O-])c1ccc(Nc2nc3c(N4CCCC4)ncnc3s2)cc1. The molecule has 122 valence electrons. The number of hydrogen-bond donors (Lipinski definition) is 1. The number of fused-ring (bicyclic) bond motifs is 1. The van der Waals surface area contributed by atoms with Gasteiger partial charge in [0.25, 0.3) is 5.69 Å². The third-order valence-corrected chi connectivity index (χ3v) is 4.79. The molecule has 9 heteroatoms. The largest absolute Gasteiger partial charge is 0.355 e. The van der Waals surface area contributed by atoms with E-state index in [1.54, 1.807) is 18.5 Å². The normalized spacial score (nSPS) is 14.2. The van der Waals surface area contributed by atoms with E-state index in [0.717, 1.165) is 34.9 Å². The van der Waals surface area contributed by atoms with Crippen molar-refractivity contribution in [2.75, 3.05) is 23.3 Å². The molecule has 0 radical (unpaired) electrons. The van der Waals surface area contributed by atoms with Crippen molar-refractivity contribution in [1.29, 1.82) is 0 Å². The van der Waals surface area contributed by atoms with Gasteiger partial charge in [0.1, 0.15) is 11.8 Å². The first-order valence-corrected chi connectivity index (χ1v) is 8.40. The Bertz CT molecular complexity index is 889. The van der Waals surface area contributed by atoms with Gasteiger partial charge in [-0.2, -0.15) is 0 Å². The summed E-state index contributed by atoms with van der Waals surface area (Å²) in [7, 11) is 0. The summed E-state index contributed by atoms with van der Waals surface area (Å²) in [5.41, 5.74) is 1.61. The summed E-state index contributed by atoms with van der Waals surface area (Å²) >= 11 is 1.44. The van der Waals surface area contributed by atoms with E-state index < -0.39 is 4.92 Å². The molecule has 0 amide bonds. The first-order valence-electron chi connectivity index (χ1n) is 7.59. The average molecular weight is 342 g/mol. The minimum absolute atomic E-state index is 0.0621. The van der Waals surface area contributed by atoms with Gasteiger partial charge in [0.2, 0.25) is 0 Å². The summed E-state index contributed by atoms with van der Waals surface area (Å²) in [4.78, 5) is 26.7. The molecule has 24 heavy (non-hydrogen) atoms. The van der Waals surface area contributed by atoms with Crippen LogP contribution < -0.4 is 10.2 Å². The third kappa shape index (κ3) is 2.73. The highest BCUT2D eigenvalue weighted by Crippen LogP contribution is 2.32. The van der Waals surface area contributed by atoms with E-state index in [2.05, 4.69) is 25.2 Å². The summed E-state index contributed by atoms with van der Waals surface area (Å²) in [6.07, 6.45) is 3.91. The Labute approximate surface area is 141 Å². The van der Waals surface area contributed by atoms with E-state index in [9.17, 15) is 10.1 Å². The van der Waals surface area contributed by atoms with E-state index in [4.69, 9.17) is 0 Å². The molecule has 0 bridgehead atoms. The van der Waals surface area contributed by atoms with Crippen LogP contribution in [0.5, 0.6) is 0 Å². The van der Waals surface area contributed by atoms with Gasteiger partial charge in [0.05, 0.1) is 4.92 Å². The molecule has 0 aliphatic carbocycles. The summed E-state index contributed by atoms with van der Waals surface area (Å²) in [6.45, 7) is 1.99. The van der Waals surface area contributed by atoms with E-state index in [1.807, 2.05) is 0 Å². The van der Waals surface area contributed by atoms with Crippen molar-refractivity contribution in [3.63, 3.8) is 0 Å². The van der Waals surface area contributed by atoms with Crippen molar-refractivity contribution in [1.82, 2.24) is 15.0 Å². The second kappa shape index (κ2) is 6.00. The Hall–Kier alpha value is -2.81. The number of nitro groups is 1. The zero-order valence-electron chi connectivity index (χ0n) is 12.7. The predicted octanol–water partition coefficient (Wildman–Crippen LogP) is 3.34. The van der Waals surface area contributed by atoms with Crippen LogP contribution in [0, 0.1) is 10.1 Å². The summed E-state index contributed by atoms with van der Waals surface area (Å²) in [5.74, 6) is 0.880. The molecule has 1 fully saturated rings. The molecule has 8 nitrogen and oxygen atoms in total. The quantitative estimate of drug-likeness (QED) is 0.573. The lowest BCUT2D eigenvalue weighted by Crippen LogP contribution is -2.19. The van der Waals surface area contributed by atoms with Crippen LogP contribution in [0.3, 0.4) is 0 Å². The average Bonchev–Trinajstić information content (AvgIpc) is 3.24. The molecule has 0 saturated carbocycles. The fraction of sp³-hybridized carbons (Fsp3) is 0.267. The summed E-state index contributed by atoms with van der Waals surface area (Å²) < 4.78 is 0. The number of nitrogens with zero attached hydrogens (tertiary/aromatic N) is 5. The number of anilines is 3. The van der Waals surface area contributed by atoms with Gasteiger partial charge in [-0.15, -0.1) is 0 Å².